The van der Waals surface area contributed by atoms with Crippen LogP contribution in [0, 0.1) is 29.6 Å². The normalized spacial score (nSPS) is 41.1. The molecule has 0 spiro atoms. The van der Waals surface area contributed by atoms with Crippen LogP contribution in [0.4, 0.5) is 0 Å². The van der Waals surface area contributed by atoms with Crippen LogP contribution in [0.15, 0.2) is 11.6 Å². The van der Waals surface area contributed by atoms with Gasteiger partial charge in [0.25, 0.3) is 0 Å². The van der Waals surface area contributed by atoms with Crippen molar-refractivity contribution in [3.8, 4) is 0 Å². The van der Waals surface area contributed by atoms with Crippen LogP contribution >= 0.6 is 0 Å². The molecule has 2 aliphatic rings. The Kier molecular flexibility index (Phi) is 3.73. The molecule has 2 rings (SSSR count). The van der Waals surface area contributed by atoms with Crippen LogP contribution in [0.25, 0.3) is 0 Å². The molecule has 16 heavy (non-hydrogen) atoms. The Bertz CT molecular complexity index is 269. The van der Waals surface area contributed by atoms with E-state index in [0.717, 1.165) is 23.7 Å². The fourth-order valence-corrected chi connectivity index (χ4v) is 3.89. The molecule has 0 aromatic heterocycles. The second-order valence-electron chi connectivity index (χ2n) is 6.17. The molecule has 2 aliphatic carbocycles. The van der Waals surface area contributed by atoms with Crippen LogP contribution in [0.3, 0.4) is 0 Å². The van der Waals surface area contributed by atoms with E-state index in [4.69, 9.17) is 0 Å². The minimum atomic E-state index is 0.356. The largest absolute Gasteiger partial charge is 0.396 e. The van der Waals surface area contributed by atoms with Crippen molar-refractivity contribution in [1.82, 2.24) is 0 Å². The van der Waals surface area contributed by atoms with E-state index < -0.39 is 0 Å². The van der Waals surface area contributed by atoms with Gasteiger partial charge < -0.3 is 5.11 Å². The lowest BCUT2D eigenvalue weighted by atomic mass is 9.60. The summed E-state index contributed by atoms with van der Waals surface area (Å²) in [5.74, 6) is 3.72. The highest BCUT2D eigenvalue weighted by molar-refractivity contribution is 5.11. The molecule has 0 bridgehead atoms. The molecular weight excluding hydrogens is 196 g/mol. The first-order valence-electron chi connectivity index (χ1n) is 6.91. The van der Waals surface area contributed by atoms with E-state index in [9.17, 15) is 5.11 Å². The summed E-state index contributed by atoms with van der Waals surface area (Å²) in [7, 11) is 0. The van der Waals surface area contributed by atoms with E-state index in [1.165, 1.54) is 25.7 Å². The molecule has 1 fully saturated rings. The predicted octanol–water partition coefficient (Wildman–Crippen LogP) is 3.63. The van der Waals surface area contributed by atoms with Crippen LogP contribution in [0.1, 0.15) is 46.5 Å². The number of hydrogen-bond acceptors (Lipinski definition) is 1. The third-order valence-electron chi connectivity index (χ3n) is 5.04. The Balaban J connectivity index is 2.18. The monoisotopic (exact) mass is 222 g/mol. The number of fused-ring (bicyclic) bond motifs is 1. The average molecular weight is 222 g/mol. The standard InChI is InChI=1S/C15H26O/c1-10-4-6-13-11(2)5-7-14(12(3)9-16)15(13)8-10/h8,11-16H,4-7,9H2,1-3H3/t11-,12?,13+,14+,15+/m1/s1. The Morgan fingerprint density at radius 3 is 2.81 bits per heavy atom. The van der Waals surface area contributed by atoms with Crippen molar-refractivity contribution in [2.24, 2.45) is 29.6 Å². The fourth-order valence-electron chi connectivity index (χ4n) is 3.89. The molecule has 1 heteroatoms. The van der Waals surface area contributed by atoms with Gasteiger partial charge in [-0.3, -0.25) is 0 Å². The summed E-state index contributed by atoms with van der Waals surface area (Å²) in [4.78, 5) is 0. The van der Waals surface area contributed by atoms with Crippen molar-refractivity contribution in [2.45, 2.75) is 46.5 Å². The van der Waals surface area contributed by atoms with E-state index in [1.807, 2.05) is 0 Å². The second-order valence-corrected chi connectivity index (χ2v) is 6.17. The van der Waals surface area contributed by atoms with Crippen molar-refractivity contribution in [1.29, 1.82) is 0 Å². The van der Waals surface area contributed by atoms with Crippen LogP contribution in [0.5, 0.6) is 0 Å². The molecule has 1 saturated carbocycles. The Hall–Kier alpha value is -0.300. The van der Waals surface area contributed by atoms with Gasteiger partial charge in [0.05, 0.1) is 0 Å². The lowest BCUT2D eigenvalue weighted by Crippen LogP contribution is -2.38. The van der Waals surface area contributed by atoms with Gasteiger partial charge in [-0.05, 0) is 55.8 Å². The van der Waals surface area contributed by atoms with Crippen molar-refractivity contribution >= 4 is 0 Å². The summed E-state index contributed by atoms with van der Waals surface area (Å²) in [6.07, 6.45) is 7.88. The smallest absolute Gasteiger partial charge is 0.0459 e. The molecule has 1 unspecified atom stereocenters. The average Bonchev–Trinajstić information content (AvgIpc) is 2.28. The SMILES string of the molecule is CC1=C[C@H]2[C@@H](CC1)[C@H](C)CC[C@H]2C(C)CO. The zero-order chi connectivity index (χ0) is 11.7. The maximum atomic E-state index is 9.39. The van der Waals surface area contributed by atoms with Crippen LogP contribution in [0.2, 0.25) is 0 Å². The van der Waals surface area contributed by atoms with Crippen LogP contribution in [-0.2, 0) is 0 Å². The van der Waals surface area contributed by atoms with E-state index in [-0.39, 0.29) is 0 Å². The van der Waals surface area contributed by atoms with Gasteiger partial charge in [0.2, 0.25) is 0 Å². The third kappa shape index (κ3) is 2.20. The summed E-state index contributed by atoms with van der Waals surface area (Å²) in [6.45, 7) is 7.27. The minimum absolute atomic E-state index is 0.356. The number of allylic oxidation sites excluding steroid dienone is 2. The molecule has 0 heterocycles. The molecule has 0 aliphatic heterocycles. The van der Waals surface area contributed by atoms with E-state index in [1.54, 1.807) is 5.57 Å². The van der Waals surface area contributed by atoms with Crippen molar-refractivity contribution in [3.05, 3.63) is 11.6 Å². The first kappa shape index (κ1) is 12.2. The number of rotatable bonds is 2. The summed E-state index contributed by atoms with van der Waals surface area (Å²) in [6, 6.07) is 0. The van der Waals surface area contributed by atoms with Crippen molar-refractivity contribution < 1.29 is 5.11 Å². The van der Waals surface area contributed by atoms with E-state index in [2.05, 4.69) is 26.8 Å². The number of aliphatic hydroxyl groups is 1. The molecule has 92 valence electrons. The van der Waals surface area contributed by atoms with Gasteiger partial charge in [0, 0.05) is 6.61 Å². The Morgan fingerprint density at radius 1 is 1.38 bits per heavy atom. The zero-order valence-electron chi connectivity index (χ0n) is 10.9. The first-order chi connectivity index (χ1) is 7.63. The Morgan fingerprint density at radius 2 is 2.12 bits per heavy atom. The fraction of sp³-hybridized carbons (Fsp3) is 0.867. The van der Waals surface area contributed by atoms with Crippen LogP contribution in [-0.4, -0.2) is 11.7 Å². The zero-order valence-corrected chi connectivity index (χ0v) is 10.9. The summed E-state index contributed by atoms with van der Waals surface area (Å²) < 4.78 is 0. The van der Waals surface area contributed by atoms with E-state index >= 15 is 0 Å². The molecule has 0 aromatic rings. The maximum absolute atomic E-state index is 9.39. The van der Waals surface area contributed by atoms with Crippen molar-refractivity contribution in [2.75, 3.05) is 6.61 Å². The van der Waals surface area contributed by atoms with Gasteiger partial charge in [-0.25, -0.2) is 0 Å². The second kappa shape index (κ2) is 4.91. The predicted molar refractivity (Wildman–Crippen MR) is 68.1 cm³/mol. The van der Waals surface area contributed by atoms with E-state index in [0.29, 0.717) is 12.5 Å². The summed E-state index contributed by atoms with van der Waals surface area (Å²) in [5, 5.41) is 9.39. The highest BCUT2D eigenvalue weighted by atomic mass is 16.3. The minimum Gasteiger partial charge on any atom is -0.396 e. The molecule has 5 atom stereocenters. The molecule has 0 radical (unpaired) electrons. The summed E-state index contributed by atoms with van der Waals surface area (Å²) in [5.41, 5.74) is 1.57. The lowest BCUT2D eigenvalue weighted by Gasteiger charge is -2.45. The van der Waals surface area contributed by atoms with Gasteiger partial charge in [0.15, 0.2) is 0 Å². The molecule has 0 aromatic carbocycles. The van der Waals surface area contributed by atoms with Gasteiger partial charge >= 0.3 is 0 Å². The highest BCUT2D eigenvalue weighted by Gasteiger charge is 2.39. The first-order valence-corrected chi connectivity index (χ1v) is 6.91. The van der Waals surface area contributed by atoms with Gasteiger partial charge in [0.1, 0.15) is 0 Å². The molecular formula is C15H26O. The van der Waals surface area contributed by atoms with Crippen LogP contribution < -0.4 is 0 Å². The van der Waals surface area contributed by atoms with Gasteiger partial charge in [-0.2, -0.15) is 0 Å². The highest BCUT2D eigenvalue weighted by Crippen LogP contribution is 2.47. The molecule has 1 N–H and O–H groups in total. The van der Waals surface area contributed by atoms with Gasteiger partial charge in [-0.15, -0.1) is 0 Å². The molecule has 0 saturated heterocycles. The maximum Gasteiger partial charge on any atom is 0.0459 e. The number of hydrogen-bond donors (Lipinski definition) is 1. The van der Waals surface area contributed by atoms with Gasteiger partial charge in [-0.1, -0.05) is 31.9 Å². The quantitative estimate of drug-likeness (QED) is 0.707. The third-order valence-corrected chi connectivity index (χ3v) is 5.04. The topological polar surface area (TPSA) is 20.2 Å². The molecule has 0 amide bonds. The Labute approximate surface area is 99.9 Å². The summed E-state index contributed by atoms with van der Waals surface area (Å²) >= 11 is 0. The lowest BCUT2D eigenvalue weighted by molar-refractivity contribution is 0.0590. The van der Waals surface area contributed by atoms with Crippen molar-refractivity contribution in [3.63, 3.8) is 0 Å². The molecule has 1 nitrogen and oxygen atoms in total. The number of aliphatic hydroxyl groups excluding tert-OH is 1.